The number of hydrogen-bond acceptors (Lipinski definition) is 8. The number of H-pyrrole nitrogens is 1. The number of carbonyl (C=O) groups excluding carboxylic acids is 2. The third-order valence-electron chi connectivity index (χ3n) is 4.24. The van der Waals surface area contributed by atoms with Gasteiger partial charge in [-0.2, -0.15) is 23.3 Å². The van der Waals surface area contributed by atoms with Crippen molar-refractivity contribution in [2.75, 3.05) is 5.43 Å². The van der Waals surface area contributed by atoms with Crippen molar-refractivity contribution in [3.63, 3.8) is 0 Å². The van der Waals surface area contributed by atoms with Gasteiger partial charge in [0.2, 0.25) is 5.82 Å². The van der Waals surface area contributed by atoms with Crippen molar-refractivity contribution in [1.29, 1.82) is 0 Å². The molecule has 1 spiro atoms. The van der Waals surface area contributed by atoms with Crippen molar-refractivity contribution in [1.82, 2.24) is 15.2 Å². The lowest BCUT2D eigenvalue weighted by Crippen LogP contribution is -2.52. The van der Waals surface area contributed by atoms with Crippen molar-refractivity contribution in [3.8, 4) is 0 Å². The van der Waals surface area contributed by atoms with Crippen molar-refractivity contribution in [3.05, 3.63) is 18.5 Å². The lowest BCUT2D eigenvalue weighted by molar-refractivity contribution is -0.242. The van der Waals surface area contributed by atoms with Gasteiger partial charge in [-0.1, -0.05) is 6.08 Å². The molecule has 2 heterocycles. The zero-order chi connectivity index (χ0) is 19.7. The molecule has 0 amide bonds. The number of hydrogen-bond donors (Lipinski definition) is 2. The fourth-order valence-corrected chi connectivity index (χ4v) is 3.10. The van der Waals surface area contributed by atoms with Gasteiger partial charge >= 0.3 is 18.1 Å². The van der Waals surface area contributed by atoms with Gasteiger partial charge in [0.1, 0.15) is 0 Å². The van der Waals surface area contributed by atoms with Crippen LogP contribution in [0.2, 0.25) is 0 Å². The van der Waals surface area contributed by atoms with Crippen molar-refractivity contribution in [2.24, 2.45) is 11.0 Å². The van der Waals surface area contributed by atoms with Gasteiger partial charge in [0.25, 0.3) is 17.4 Å². The summed E-state index contributed by atoms with van der Waals surface area (Å²) in [7, 11) is 0. The van der Waals surface area contributed by atoms with E-state index in [4.69, 9.17) is 9.47 Å². The number of esters is 2. The molecule has 1 aromatic heterocycles. The summed E-state index contributed by atoms with van der Waals surface area (Å²) >= 11 is 0. The third-order valence-corrected chi connectivity index (χ3v) is 4.24. The Morgan fingerprint density at radius 2 is 2.07 bits per heavy atom. The molecule has 1 saturated carbocycles. The number of anilines is 1. The highest BCUT2D eigenvalue weighted by atomic mass is 19.4. The molecule has 1 unspecified atom stereocenters. The van der Waals surface area contributed by atoms with Gasteiger partial charge in [-0.25, -0.2) is 15.0 Å². The standard InChI is InChI=1S/C15H16F3N5O4/c1-2-4-8-5-3-6-14(7-8)26-10(24)9(11(25)27-14)20-22-13-19-12(21-23-13)15(16,17)18/h2,8H,1,3-7H2,(H2,19,21,22,23). The quantitative estimate of drug-likeness (QED) is 0.462. The second-order valence-corrected chi connectivity index (χ2v) is 6.25. The highest BCUT2D eigenvalue weighted by Crippen LogP contribution is 2.39. The van der Waals surface area contributed by atoms with Crippen LogP contribution in [-0.2, 0) is 25.2 Å². The van der Waals surface area contributed by atoms with E-state index in [1.165, 1.54) is 0 Å². The number of nitrogens with one attached hydrogen (secondary N) is 2. The third kappa shape index (κ3) is 4.09. The molecule has 1 saturated heterocycles. The van der Waals surface area contributed by atoms with Crippen molar-refractivity contribution in [2.45, 2.75) is 44.1 Å². The predicted molar refractivity (Wildman–Crippen MR) is 84.1 cm³/mol. The number of hydrazone groups is 1. The second-order valence-electron chi connectivity index (χ2n) is 6.25. The van der Waals surface area contributed by atoms with E-state index in [9.17, 15) is 22.8 Å². The van der Waals surface area contributed by atoms with Crippen LogP contribution in [0.25, 0.3) is 0 Å². The Hall–Kier alpha value is -2.92. The smallest absolute Gasteiger partial charge is 0.417 e. The first kappa shape index (κ1) is 18.9. The Bertz CT molecular complexity index is 769. The molecule has 9 nitrogen and oxygen atoms in total. The summed E-state index contributed by atoms with van der Waals surface area (Å²) in [4.78, 5) is 27.5. The minimum absolute atomic E-state index is 0.169. The van der Waals surface area contributed by atoms with Crippen LogP contribution in [0.15, 0.2) is 17.8 Å². The summed E-state index contributed by atoms with van der Waals surface area (Å²) < 4.78 is 48.0. The molecule has 1 aromatic rings. The number of aromatic amines is 1. The Labute approximate surface area is 151 Å². The average Bonchev–Trinajstić information content (AvgIpc) is 3.03. The van der Waals surface area contributed by atoms with Crippen LogP contribution in [0.3, 0.4) is 0 Å². The zero-order valence-corrected chi connectivity index (χ0v) is 14.0. The second kappa shape index (κ2) is 7.00. The first-order chi connectivity index (χ1) is 12.7. The Morgan fingerprint density at radius 1 is 1.37 bits per heavy atom. The molecule has 0 bridgehead atoms. The topological polar surface area (TPSA) is 119 Å². The van der Waals surface area contributed by atoms with Gasteiger partial charge < -0.3 is 9.47 Å². The van der Waals surface area contributed by atoms with E-state index >= 15 is 0 Å². The molecule has 3 rings (SSSR count). The number of rotatable bonds is 4. The predicted octanol–water partition coefficient (Wildman–Crippen LogP) is 2.15. The molecule has 1 aliphatic heterocycles. The van der Waals surface area contributed by atoms with E-state index in [0.717, 1.165) is 6.42 Å². The SMILES string of the molecule is C=CCC1CCCC2(C1)OC(=O)C(=NNc1n[nH]c(C(F)(F)F)n1)C(=O)O2. The van der Waals surface area contributed by atoms with Crippen LogP contribution in [0, 0.1) is 5.92 Å². The highest BCUT2D eigenvalue weighted by molar-refractivity contribution is 6.63. The number of allylic oxidation sites excluding steroid dienone is 1. The molecular formula is C15H16F3N5O4. The Balaban J connectivity index is 1.69. The van der Waals surface area contributed by atoms with Crippen LogP contribution in [0.4, 0.5) is 19.1 Å². The summed E-state index contributed by atoms with van der Waals surface area (Å²) in [5, 5.41) is 8.34. The monoisotopic (exact) mass is 387 g/mol. The zero-order valence-electron chi connectivity index (χ0n) is 14.0. The summed E-state index contributed by atoms with van der Waals surface area (Å²) in [5.74, 6) is -5.14. The summed E-state index contributed by atoms with van der Waals surface area (Å²) in [6.07, 6.45) is 0.0591. The molecule has 1 aliphatic carbocycles. The van der Waals surface area contributed by atoms with Crippen LogP contribution in [0.5, 0.6) is 0 Å². The molecular weight excluding hydrogens is 371 g/mol. The molecule has 2 N–H and O–H groups in total. The number of aromatic nitrogens is 3. The van der Waals surface area contributed by atoms with Gasteiger partial charge in [0.05, 0.1) is 0 Å². The molecule has 2 aliphatic rings. The average molecular weight is 387 g/mol. The van der Waals surface area contributed by atoms with Gasteiger partial charge in [0, 0.05) is 12.8 Å². The molecule has 146 valence electrons. The van der Waals surface area contributed by atoms with Crippen molar-refractivity contribution >= 4 is 23.6 Å². The molecule has 12 heteroatoms. The molecule has 27 heavy (non-hydrogen) atoms. The number of halogens is 3. The van der Waals surface area contributed by atoms with E-state index in [0.29, 0.717) is 25.7 Å². The van der Waals surface area contributed by atoms with Crippen LogP contribution < -0.4 is 5.43 Å². The maximum atomic E-state index is 12.5. The normalized spacial score (nSPS) is 25.7. The maximum absolute atomic E-state index is 12.5. The lowest BCUT2D eigenvalue weighted by Gasteiger charge is -2.41. The summed E-state index contributed by atoms with van der Waals surface area (Å²) in [6.45, 7) is 3.67. The molecule has 1 atom stereocenters. The lowest BCUT2D eigenvalue weighted by atomic mass is 9.82. The van der Waals surface area contributed by atoms with Crippen LogP contribution in [-0.4, -0.2) is 38.6 Å². The van der Waals surface area contributed by atoms with Gasteiger partial charge in [-0.15, -0.1) is 11.7 Å². The summed E-state index contributed by atoms with van der Waals surface area (Å²) in [6, 6.07) is 0. The van der Waals surface area contributed by atoms with Crippen LogP contribution in [0.1, 0.15) is 37.9 Å². The van der Waals surface area contributed by atoms with E-state index in [1.54, 1.807) is 11.2 Å². The van der Waals surface area contributed by atoms with Crippen LogP contribution >= 0.6 is 0 Å². The minimum Gasteiger partial charge on any atom is -0.417 e. The fraction of sp³-hybridized carbons (Fsp3) is 0.533. The Kier molecular flexibility index (Phi) is 4.89. The molecule has 2 fully saturated rings. The number of alkyl halides is 3. The highest BCUT2D eigenvalue weighted by Gasteiger charge is 2.49. The molecule has 0 radical (unpaired) electrons. The van der Waals surface area contributed by atoms with Crippen molar-refractivity contribution < 1.29 is 32.2 Å². The summed E-state index contributed by atoms with van der Waals surface area (Å²) in [5.41, 5.74) is 1.28. The Morgan fingerprint density at radius 3 is 2.67 bits per heavy atom. The molecule has 0 aromatic carbocycles. The first-order valence-electron chi connectivity index (χ1n) is 8.13. The number of carbonyl (C=O) groups is 2. The van der Waals surface area contributed by atoms with E-state index in [1.807, 2.05) is 5.43 Å². The van der Waals surface area contributed by atoms with Gasteiger partial charge in [0.15, 0.2) is 0 Å². The maximum Gasteiger partial charge on any atom is 0.451 e. The first-order valence-corrected chi connectivity index (χ1v) is 8.13. The van der Waals surface area contributed by atoms with E-state index < -0.39 is 41.4 Å². The van der Waals surface area contributed by atoms with Gasteiger partial charge in [-0.05, 0) is 25.2 Å². The van der Waals surface area contributed by atoms with E-state index in [-0.39, 0.29) is 5.92 Å². The minimum atomic E-state index is -4.72. The van der Waals surface area contributed by atoms with E-state index in [2.05, 4.69) is 21.8 Å². The largest absolute Gasteiger partial charge is 0.451 e. The number of nitrogens with zero attached hydrogens (tertiary/aromatic N) is 3. The fourth-order valence-electron chi connectivity index (χ4n) is 3.10. The number of ether oxygens (including phenoxy) is 2. The van der Waals surface area contributed by atoms with Gasteiger partial charge in [-0.3, -0.25) is 5.10 Å².